The quantitative estimate of drug-likeness (QED) is 0.126. The van der Waals surface area contributed by atoms with Crippen LogP contribution in [0.3, 0.4) is 0 Å². The van der Waals surface area contributed by atoms with E-state index < -0.39 is 23.2 Å². The lowest BCUT2D eigenvalue weighted by Crippen LogP contribution is -2.09. The van der Waals surface area contributed by atoms with E-state index >= 15 is 0 Å². The third-order valence-corrected chi connectivity index (χ3v) is 8.69. The molecule has 0 aliphatic carbocycles. The molecular formula is C13H5Br5O5. The van der Waals surface area contributed by atoms with Crippen molar-refractivity contribution >= 4 is 85.6 Å². The minimum Gasteiger partial charge on any atom is -0.504 e. The van der Waals surface area contributed by atoms with Gasteiger partial charge < -0.3 is 20.1 Å². The molecule has 0 aromatic heterocycles. The number of halogens is 5. The molecule has 0 saturated carbocycles. The highest BCUT2D eigenvalue weighted by molar-refractivity contribution is 9.15. The van der Waals surface area contributed by atoms with Crippen LogP contribution in [0.2, 0.25) is 0 Å². The van der Waals surface area contributed by atoms with Gasteiger partial charge in [0, 0.05) is 4.47 Å². The molecule has 0 atom stereocenters. The summed E-state index contributed by atoms with van der Waals surface area (Å²) in [4.78, 5) is 12.2. The Balaban J connectivity index is 2.46. The van der Waals surface area contributed by atoms with Gasteiger partial charge in [-0.3, -0.25) is 0 Å². The molecule has 10 heteroatoms. The molecule has 0 aliphatic rings. The lowest BCUT2D eigenvalue weighted by Gasteiger charge is -2.14. The first-order valence-electron chi connectivity index (χ1n) is 5.63. The Kier molecular flexibility index (Phi) is 6.04. The first-order valence-corrected chi connectivity index (χ1v) is 9.60. The predicted octanol–water partition coefficient (Wildman–Crippen LogP) is 5.84. The summed E-state index contributed by atoms with van der Waals surface area (Å²) in [6, 6.07) is 1.98. The Labute approximate surface area is 172 Å². The number of phenolic OH excluding ortho intramolecular Hbond substituents is 3. The Morgan fingerprint density at radius 1 is 0.783 bits per heavy atom. The normalized spacial score (nSPS) is 10.7. The highest BCUT2D eigenvalue weighted by Gasteiger charge is 2.23. The molecule has 0 fully saturated rings. The number of rotatable bonds is 2. The van der Waals surface area contributed by atoms with Crippen molar-refractivity contribution in [1.82, 2.24) is 0 Å². The number of carbonyl (C=O) groups is 1. The van der Waals surface area contributed by atoms with E-state index in [-0.39, 0.29) is 11.3 Å². The topological polar surface area (TPSA) is 87.0 Å². The second-order valence-corrected chi connectivity index (χ2v) is 8.12. The van der Waals surface area contributed by atoms with E-state index in [1.807, 2.05) is 0 Å². The molecule has 2 aromatic rings. The number of carbonyl (C=O) groups excluding carboxylic acids is 1. The fourth-order valence-corrected chi connectivity index (χ4v) is 4.72. The van der Waals surface area contributed by atoms with Crippen molar-refractivity contribution in [3.05, 3.63) is 40.1 Å². The fraction of sp³-hybridized carbons (Fsp3) is 0. The van der Waals surface area contributed by atoms with Crippen molar-refractivity contribution in [2.75, 3.05) is 0 Å². The zero-order valence-electron chi connectivity index (χ0n) is 10.7. The number of hydrogen-bond acceptors (Lipinski definition) is 5. The van der Waals surface area contributed by atoms with Crippen molar-refractivity contribution in [3.8, 4) is 23.0 Å². The molecule has 23 heavy (non-hydrogen) atoms. The van der Waals surface area contributed by atoms with Gasteiger partial charge >= 0.3 is 5.97 Å². The van der Waals surface area contributed by atoms with E-state index in [0.29, 0.717) is 22.4 Å². The molecule has 0 aliphatic heterocycles. The molecule has 3 N–H and O–H groups in total. The van der Waals surface area contributed by atoms with Crippen LogP contribution in [0.1, 0.15) is 10.4 Å². The molecule has 2 rings (SSSR count). The molecule has 0 heterocycles. The Bertz CT molecular complexity index is 769. The molecule has 122 valence electrons. The van der Waals surface area contributed by atoms with Crippen LogP contribution in [0.5, 0.6) is 23.0 Å². The fourth-order valence-electron chi connectivity index (χ4n) is 1.55. The van der Waals surface area contributed by atoms with E-state index in [2.05, 4.69) is 79.6 Å². The summed E-state index contributed by atoms with van der Waals surface area (Å²) < 4.78 is 8.20. The highest BCUT2D eigenvalue weighted by Crippen LogP contribution is 2.49. The van der Waals surface area contributed by atoms with Gasteiger partial charge in [0.05, 0.1) is 23.5 Å². The molecule has 2 aromatic carbocycles. The highest BCUT2D eigenvalue weighted by atomic mass is 79.9. The Morgan fingerprint density at radius 3 is 1.61 bits per heavy atom. The summed E-state index contributed by atoms with van der Waals surface area (Å²) in [5, 5.41) is 28.3. The lowest BCUT2D eigenvalue weighted by molar-refractivity contribution is 0.0731. The first kappa shape index (κ1) is 19.0. The molecule has 0 radical (unpaired) electrons. The molecule has 0 bridgehead atoms. The zero-order valence-corrected chi connectivity index (χ0v) is 18.6. The van der Waals surface area contributed by atoms with Crippen molar-refractivity contribution in [3.63, 3.8) is 0 Å². The van der Waals surface area contributed by atoms with Crippen LogP contribution in [0.25, 0.3) is 0 Å². The molecule has 0 saturated heterocycles. The van der Waals surface area contributed by atoms with Crippen molar-refractivity contribution < 1.29 is 24.9 Å². The second kappa shape index (κ2) is 7.30. The minimum atomic E-state index is -0.835. The van der Waals surface area contributed by atoms with Gasteiger partial charge in [-0.2, -0.15) is 0 Å². The third-order valence-electron chi connectivity index (χ3n) is 2.67. The van der Waals surface area contributed by atoms with Crippen LogP contribution in [0.4, 0.5) is 0 Å². The monoisotopic (exact) mass is 636 g/mol. The Hall–Kier alpha value is -0.290. The van der Waals surface area contributed by atoms with Gasteiger partial charge in [-0.15, -0.1) is 0 Å². The summed E-state index contributed by atoms with van der Waals surface area (Å²) in [6.45, 7) is 0. The maximum absolute atomic E-state index is 12.2. The number of esters is 1. The number of benzene rings is 2. The average Bonchev–Trinajstić information content (AvgIpc) is 2.52. The average molecular weight is 641 g/mol. The predicted molar refractivity (Wildman–Crippen MR) is 101 cm³/mol. The van der Waals surface area contributed by atoms with Crippen molar-refractivity contribution in [2.45, 2.75) is 0 Å². The van der Waals surface area contributed by atoms with E-state index in [4.69, 9.17) is 4.74 Å². The van der Waals surface area contributed by atoms with E-state index in [0.717, 1.165) is 12.1 Å². The number of phenols is 3. The lowest BCUT2D eigenvalue weighted by atomic mass is 10.2. The van der Waals surface area contributed by atoms with Crippen LogP contribution in [-0.4, -0.2) is 21.3 Å². The van der Waals surface area contributed by atoms with Crippen LogP contribution in [-0.2, 0) is 0 Å². The molecule has 0 spiro atoms. The molecular weight excluding hydrogens is 636 g/mol. The van der Waals surface area contributed by atoms with Crippen LogP contribution in [0.15, 0.2) is 34.5 Å². The summed E-state index contributed by atoms with van der Waals surface area (Å²) in [5.41, 5.74) is -0.133. The number of aromatic hydroxyl groups is 3. The van der Waals surface area contributed by atoms with E-state index in [1.165, 1.54) is 0 Å². The summed E-state index contributed by atoms with van der Waals surface area (Å²) in [7, 11) is 0. The summed E-state index contributed by atoms with van der Waals surface area (Å²) in [5.74, 6) is -2.62. The number of hydrogen-bond donors (Lipinski definition) is 3. The van der Waals surface area contributed by atoms with Gasteiger partial charge in [-0.25, -0.2) is 4.79 Å². The smallest absolute Gasteiger partial charge is 0.343 e. The van der Waals surface area contributed by atoms with Crippen LogP contribution in [0, 0.1) is 0 Å². The summed E-state index contributed by atoms with van der Waals surface area (Å²) in [6.07, 6.45) is 0. The zero-order chi connectivity index (χ0) is 17.5. The molecule has 5 nitrogen and oxygen atoms in total. The Morgan fingerprint density at radius 2 is 1.17 bits per heavy atom. The van der Waals surface area contributed by atoms with Gasteiger partial charge in [0.25, 0.3) is 0 Å². The van der Waals surface area contributed by atoms with E-state index in [9.17, 15) is 20.1 Å². The maximum Gasteiger partial charge on any atom is 0.343 e. The third kappa shape index (κ3) is 3.71. The number of ether oxygens (including phenoxy) is 1. The maximum atomic E-state index is 12.2. The SMILES string of the molecule is O=C(Oc1c(Br)c(Br)c(Br)c(Br)c1Br)c1cc(O)c(O)c(O)c1. The van der Waals surface area contributed by atoms with Gasteiger partial charge in [-0.05, 0) is 91.8 Å². The van der Waals surface area contributed by atoms with Gasteiger partial charge in [0.15, 0.2) is 23.0 Å². The molecule has 0 unspecified atom stereocenters. The standard InChI is InChI=1S/C13H5Br5O5/c14-6-7(15)9(17)12(10(18)8(6)16)23-13(22)3-1-4(19)11(21)5(20)2-3/h1-2,19-21H. The largest absolute Gasteiger partial charge is 0.504 e. The minimum absolute atomic E-state index is 0.133. The second-order valence-electron chi connectivity index (χ2n) is 4.15. The first-order chi connectivity index (χ1) is 10.6. The van der Waals surface area contributed by atoms with Crippen LogP contribution >= 0.6 is 79.6 Å². The van der Waals surface area contributed by atoms with Gasteiger partial charge in [0.2, 0.25) is 0 Å². The van der Waals surface area contributed by atoms with Crippen molar-refractivity contribution in [2.24, 2.45) is 0 Å². The molecule has 0 amide bonds. The van der Waals surface area contributed by atoms with Crippen LogP contribution < -0.4 is 4.74 Å². The summed E-state index contributed by atoms with van der Waals surface area (Å²) >= 11 is 16.7. The van der Waals surface area contributed by atoms with E-state index in [1.54, 1.807) is 0 Å². The van der Waals surface area contributed by atoms with Gasteiger partial charge in [-0.1, -0.05) is 0 Å². The van der Waals surface area contributed by atoms with Gasteiger partial charge in [0.1, 0.15) is 0 Å². The van der Waals surface area contributed by atoms with Crippen molar-refractivity contribution in [1.29, 1.82) is 0 Å².